The second-order valence-corrected chi connectivity index (χ2v) is 5.20. The third kappa shape index (κ3) is 5.98. The van der Waals surface area contributed by atoms with Crippen molar-refractivity contribution in [1.82, 2.24) is 0 Å². The lowest BCUT2D eigenvalue weighted by molar-refractivity contribution is -0.144. The Labute approximate surface area is 118 Å². The van der Waals surface area contributed by atoms with E-state index in [0.717, 1.165) is 17.1 Å². The van der Waals surface area contributed by atoms with Crippen LogP contribution < -0.4 is 10.5 Å². The molecule has 0 aliphatic carbocycles. The minimum Gasteiger partial charge on any atom is -0.492 e. The molecule has 0 fully saturated rings. The molecule has 0 spiro atoms. The third-order valence-corrected chi connectivity index (χ3v) is 3.52. The summed E-state index contributed by atoms with van der Waals surface area (Å²) >= 11 is 1.59. The molecule has 106 valence electrons. The molecule has 19 heavy (non-hydrogen) atoms. The molecule has 0 heterocycles. The summed E-state index contributed by atoms with van der Waals surface area (Å²) in [6.45, 7) is 4.76. The second-order valence-electron chi connectivity index (χ2n) is 4.05. The van der Waals surface area contributed by atoms with Crippen molar-refractivity contribution in [3.63, 3.8) is 0 Å². The topological polar surface area (TPSA) is 61.5 Å². The van der Waals surface area contributed by atoms with Gasteiger partial charge in [0.15, 0.2) is 0 Å². The molecule has 0 radical (unpaired) electrons. The Bertz CT molecular complexity index is 398. The number of carbonyl (C=O) groups is 1. The number of thioether (sulfide) groups is 1. The van der Waals surface area contributed by atoms with Crippen molar-refractivity contribution < 1.29 is 14.3 Å². The Hall–Kier alpha value is -1.20. The van der Waals surface area contributed by atoms with Gasteiger partial charge in [0.1, 0.15) is 11.8 Å². The number of rotatable bonds is 8. The number of ether oxygens (including phenoxy) is 2. The Morgan fingerprint density at radius 3 is 2.84 bits per heavy atom. The van der Waals surface area contributed by atoms with Crippen molar-refractivity contribution in [2.24, 2.45) is 5.73 Å². The summed E-state index contributed by atoms with van der Waals surface area (Å²) in [5.41, 5.74) is 6.81. The fourth-order valence-corrected chi connectivity index (χ4v) is 2.21. The number of carbonyl (C=O) groups excluding carboxylic acids is 1. The molecule has 0 amide bonds. The van der Waals surface area contributed by atoms with Crippen LogP contribution in [0.4, 0.5) is 0 Å². The van der Waals surface area contributed by atoms with Gasteiger partial charge in [-0.1, -0.05) is 18.2 Å². The first-order valence-electron chi connectivity index (χ1n) is 6.33. The summed E-state index contributed by atoms with van der Waals surface area (Å²) in [5, 5.41) is 0. The monoisotopic (exact) mass is 283 g/mol. The van der Waals surface area contributed by atoms with E-state index in [4.69, 9.17) is 15.2 Å². The fourth-order valence-electron chi connectivity index (χ4n) is 1.46. The van der Waals surface area contributed by atoms with E-state index in [1.807, 2.05) is 31.2 Å². The van der Waals surface area contributed by atoms with Crippen LogP contribution >= 0.6 is 11.8 Å². The highest BCUT2D eigenvalue weighted by Crippen LogP contribution is 2.16. The molecule has 1 rings (SSSR count). The van der Waals surface area contributed by atoms with Crippen molar-refractivity contribution in [3.05, 3.63) is 29.8 Å². The number of para-hydroxylation sites is 1. The maximum absolute atomic E-state index is 11.3. The number of nitrogens with two attached hydrogens (primary N) is 1. The van der Waals surface area contributed by atoms with E-state index in [2.05, 4.69) is 0 Å². The van der Waals surface area contributed by atoms with Crippen LogP contribution in [0.5, 0.6) is 5.75 Å². The Morgan fingerprint density at radius 1 is 1.42 bits per heavy atom. The van der Waals surface area contributed by atoms with Crippen LogP contribution in [0, 0.1) is 6.92 Å². The maximum Gasteiger partial charge on any atom is 0.323 e. The van der Waals surface area contributed by atoms with E-state index in [9.17, 15) is 4.79 Å². The highest BCUT2D eigenvalue weighted by molar-refractivity contribution is 7.99. The first-order chi connectivity index (χ1) is 9.15. The van der Waals surface area contributed by atoms with Gasteiger partial charge in [-0.2, -0.15) is 11.8 Å². The molecular weight excluding hydrogens is 262 g/mol. The van der Waals surface area contributed by atoms with Gasteiger partial charge in [-0.25, -0.2) is 0 Å². The first kappa shape index (κ1) is 15.9. The summed E-state index contributed by atoms with van der Waals surface area (Å²) in [5.74, 6) is 1.91. The lowest BCUT2D eigenvalue weighted by atomic mass is 10.2. The van der Waals surface area contributed by atoms with E-state index >= 15 is 0 Å². The molecule has 1 unspecified atom stereocenters. The lowest BCUT2D eigenvalue weighted by Gasteiger charge is -2.11. The SMILES string of the molecule is CCOC(=O)C(N)CSCCOc1ccccc1C. The molecule has 2 N–H and O–H groups in total. The highest BCUT2D eigenvalue weighted by Gasteiger charge is 2.13. The number of esters is 1. The van der Waals surface area contributed by atoms with Gasteiger partial charge in [0.2, 0.25) is 0 Å². The number of hydrogen-bond acceptors (Lipinski definition) is 5. The molecule has 0 saturated heterocycles. The van der Waals surface area contributed by atoms with Crippen molar-refractivity contribution in [1.29, 1.82) is 0 Å². The van der Waals surface area contributed by atoms with Crippen LogP contribution in [0.2, 0.25) is 0 Å². The standard InChI is InChI=1S/C14H21NO3S/c1-3-17-14(16)12(15)10-19-9-8-18-13-7-5-4-6-11(13)2/h4-7,12H,3,8-10,15H2,1-2H3. The minimum absolute atomic E-state index is 0.338. The summed E-state index contributed by atoms with van der Waals surface area (Å²) < 4.78 is 10.5. The number of aryl methyl sites for hydroxylation is 1. The first-order valence-corrected chi connectivity index (χ1v) is 7.49. The predicted octanol–water partition coefficient (Wildman–Crippen LogP) is 2.00. The van der Waals surface area contributed by atoms with Gasteiger partial charge in [-0.3, -0.25) is 4.79 Å². The zero-order valence-electron chi connectivity index (χ0n) is 11.4. The molecule has 0 saturated carbocycles. The minimum atomic E-state index is -0.552. The third-order valence-electron chi connectivity index (χ3n) is 2.47. The van der Waals surface area contributed by atoms with Gasteiger partial charge >= 0.3 is 5.97 Å². The van der Waals surface area contributed by atoms with Gasteiger partial charge in [0, 0.05) is 11.5 Å². The van der Waals surface area contributed by atoms with Crippen molar-refractivity contribution in [3.8, 4) is 5.75 Å². The summed E-state index contributed by atoms with van der Waals surface area (Å²) in [6.07, 6.45) is 0. The summed E-state index contributed by atoms with van der Waals surface area (Å²) in [6, 6.07) is 7.34. The van der Waals surface area contributed by atoms with E-state index in [-0.39, 0.29) is 5.97 Å². The van der Waals surface area contributed by atoms with Gasteiger partial charge in [0.25, 0.3) is 0 Å². The van der Waals surface area contributed by atoms with Crippen LogP contribution in [-0.2, 0) is 9.53 Å². The van der Waals surface area contributed by atoms with Gasteiger partial charge in [-0.15, -0.1) is 0 Å². The van der Waals surface area contributed by atoms with Gasteiger partial charge in [0.05, 0.1) is 13.2 Å². The molecule has 1 aromatic carbocycles. The highest BCUT2D eigenvalue weighted by atomic mass is 32.2. The average molecular weight is 283 g/mol. The molecule has 4 nitrogen and oxygen atoms in total. The molecule has 5 heteroatoms. The largest absolute Gasteiger partial charge is 0.492 e. The lowest BCUT2D eigenvalue weighted by Crippen LogP contribution is -2.34. The summed E-state index contributed by atoms with van der Waals surface area (Å²) in [4.78, 5) is 11.3. The van der Waals surface area contributed by atoms with Crippen LogP contribution in [0.1, 0.15) is 12.5 Å². The second kappa shape index (κ2) is 8.82. The average Bonchev–Trinajstić information content (AvgIpc) is 2.40. The number of benzene rings is 1. The zero-order chi connectivity index (χ0) is 14.1. The summed E-state index contributed by atoms with van der Waals surface area (Å²) in [7, 11) is 0. The van der Waals surface area contributed by atoms with Gasteiger partial charge in [-0.05, 0) is 25.5 Å². The molecular formula is C14H21NO3S. The van der Waals surface area contributed by atoms with Crippen LogP contribution in [0.15, 0.2) is 24.3 Å². The van der Waals surface area contributed by atoms with Crippen LogP contribution in [0.3, 0.4) is 0 Å². The fraction of sp³-hybridized carbons (Fsp3) is 0.500. The van der Waals surface area contributed by atoms with Gasteiger partial charge < -0.3 is 15.2 Å². The predicted molar refractivity (Wildman–Crippen MR) is 78.6 cm³/mol. The smallest absolute Gasteiger partial charge is 0.323 e. The van der Waals surface area contributed by atoms with Crippen LogP contribution in [0.25, 0.3) is 0 Å². The van der Waals surface area contributed by atoms with Crippen molar-refractivity contribution >= 4 is 17.7 Å². The quantitative estimate of drug-likeness (QED) is 0.584. The Balaban J connectivity index is 2.15. The molecule has 0 bridgehead atoms. The molecule has 0 aromatic heterocycles. The number of hydrogen-bond donors (Lipinski definition) is 1. The zero-order valence-corrected chi connectivity index (χ0v) is 12.2. The molecule has 0 aliphatic rings. The maximum atomic E-state index is 11.3. The van der Waals surface area contributed by atoms with E-state index in [1.165, 1.54) is 0 Å². The van der Waals surface area contributed by atoms with E-state index in [0.29, 0.717) is 19.0 Å². The van der Waals surface area contributed by atoms with E-state index < -0.39 is 6.04 Å². The van der Waals surface area contributed by atoms with Crippen molar-refractivity contribution in [2.75, 3.05) is 24.7 Å². The molecule has 0 aliphatic heterocycles. The normalized spacial score (nSPS) is 11.9. The van der Waals surface area contributed by atoms with E-state index in [1.54, 1.807) is 18.7 Å². The molecule has 1 atom stereocenters. The van der Waals surface area contributed by atoms with Crippen LogP contribution in [-0.4, -0.2) is 36.7 Å². The van der Waals surface area contributed by atoms with Crippen molar-refractivity contribution in [2.45, 2.75) is 19.9 Å². The molecule has 1 aromatic rings. The Kier molecular flexibility index (Phi) is 7.36. The Morgan fingerprint density at radius 2 is 2.16 bits per heavy atom.